The largest absolute Gasteiger partial charge is 0.356 e. The average molecular weight is 359 g/mol. The number of nitrogens with one attached hydrogen (secondary N) is 2. The number of hydrogen-bond acceptors (Lipinski definition) is 3. The highest BCUT2D eigenvalue weighted by Gasteiger charge is 2.21. The molecule has 1 aromatic heterocycles. The highest BCUT2D eigenvalue weighted by Crippen LogP contribution is 2.15. The fourth-order valence-corrected chi connectivity index (χ4v) is 2.95. The molecule has 1 amide bonds. The Morgan fingerprint density at radius 1 is 1.39 bits per heavy atom. The first-order valence-electron chi connectivity index (χ1n) is 7.66. The molecular weight excluding hydrogens is 335 g/mol. The van der Waals surface area contributed by atoms with Gasteiger partial charge in [-0.15, -0.1) is 24.8 Å². The first-order chi connectivity index (χ1) is 10.3. The van der Waals surface area contributed by atoms with Crippen LogP contribution in [0.2, 0.25) is 0 Å². The monoisotopic (exact) mass is 358 g/mol. The molecule has 1 fully saturated rings. The molecule has 1 saturated heterocycles. The van der Waals surface area contributed by atoms with Gasteiger partial charge in [-0.1, -0.05) is 12.1 Å². The van der Waals surface area contributed by atoms with Gasteiger partial charge < -0.3 is 15.2 Å². The maximum atomic E-state index is 11.9. The second-order valence-electron chi connectivity index (χ2n) is 5.63. The van der Waals surface area contributed by atoms with Gasteiger partial charge in [0.25, 0.3) is 0 Å². The minimum Gasteiger partial charge on any atom is -0.356 e. The van der Waals surface area contributed by atoms with Gasteiger partial charge >= 0.3 is 0 Å². The molecule has 7 heteroatoms. The lowest BCUT2D eigenvalue weighted by atomic mass is 10.1. The Balaban J connectivity index is 0.00000132. The second kappa shape index (κ2) is 9.11. The zero-order chi connectivity index (χ0) is 14.7. The summed E-state index contributed by atoms with van der Waals surface area (Å²) in [5, 5.41) is 6.26. The lowest BCUT2D eigenvalue weighted by Crippen LogP contribution is -2.32. The summed E-state index contributed by atoms with van der Waals surface area (Å²) >= 11 is 0. The quantitative estimate of drug-likeness (QED) is 0.806. The zero-order valence-corrected chi connectivity index (χ0v) is 14.9. The summed E-state index contributed by atoms with van der Waals surface area (Å²) in [6.07, 6.45) is 1.88. The fraction of sp³-hybridized carbons (Fsp3) is 0.500. The van der Waals surface area contributed by atoms with E-state index in [2.05, 4.69) is 26.3 Å². The van der Waals surface area contributed by atoms with E-state index in [0.717, 1.165) is 50.4 Å². The highest BCUT2D eigenvalue weighted by atomic mass is 35.5. The van der Waals surface area contributed by atoms with E-state index in [0.29, 0.717) is 0 Å². The number of rotatable bonds is 5. The number of aromatic nitrogens is 2. The van der Waals surface area contributed by atoms with Crippen LogP contribution in [0.15, 0.2) is 24.3 Å². The van der Waals surface area contributed by atoms with E-state index in [-0.39, 0.29) is 36.6 Å². The van der Waals surface area contributed by atoms with Crippen molar-refractivity contribution in [1.82, 2.24) is 20.2 Å². The SMILES string of the molecule is Cc1nc2ccccc2n1CCCNC(=O)C1CCNC1.Cl.Cl. The third kappa shape index (κ3) is 4.59. The van der Waals surface area contributed by atoms with Crippen molar-refractivity contribution in [2.45, 2.75) is 26.3 Å². The number of fused-ring (bicyclic) bond motifs is 1. The molecule has 23 heavy (non-hydrogen) atoms. The van der Waals surface area contributed by atoms with Crippen LogP contribution in [0.1, 0.15) is 18.7 Å². The standard InChI is InChI=1S/C16H22N4O.2ClH/c1-12-19-14-5-2-3-6-15(14)20(12)10-4-8-18-16(21)13-7-9-17-11-13;;/h2-3,5-6,13,17H,4,7-11H2,1H3,(H,18,21);2*1H. The molecule has 1 aliphatic rings. The van der Waals surface area contributed by atoms with Crippen LogP contribution in [-0.2, 0) is 11.3 Å². The molecule has 0 spiro atoms. The third-order valence-corrected chi connectivity index (χ3v) is 4.13. The number of benzene rings is 1. The summed E-state index contributed by atoms with van der Waals surface area (Å²) < 4.78 is 2.22. The number of halogens is 2. The van der Waals surface area contributed by atoms with Crippen LogP contribution in [0.3, 0.4) is 0 Å². The molecule has 1 unspecified atom stereocenters. The Labute approximate surface area is 149 Å². The van der Waals surface area contributed by atoms with E-state index in [1.165, 1.54) is 5.52 Å². The first kappa shape index (κ1) is 19.7. The number of carbonyl (C=O) groups excluding carboxylic acids is 1. The van der Waals surface area contributed by atoms with E-state index in [1.54, 1.807) is 0 Å². The van der Waals surface area contributed by atoms with Gasteiger partial charge in [0.05, 0.1) is 17.0 Å². The summed E-state index contributed by atoms with van der Waals surface area (Å²) in [7, 11) is 0. The number of imidazole rings is 1. The van der Waals surface area contributed by atoms with Crippen LogP contribution >= 0.6 is 24.8 Å². The predicted octanol–water partition coefficient (Wildman–Crippen LogP) is 2.30. The van der Waals surface area contributed by atoms with E-state index >= 15 is 0 Å². The smallest absolute Gasteiger partial charge is 0.224 e. The van der Waals surface area contributed by atoms with Crippen molar-refractivity contribution >= 4 is 41.8 Å². The summed E-state index contributed by atoms with van der Waals surface area (Å²) in [4.78, 5) is 16.5. The molecule has 1 aliphatic heterocycles. The molecule has 0 saturated carbocycles. The van der Waals surface area contributed by atoms with Gasteiger partial charge in [-0.25, -0.2) is 4.98 Å². The van der Waals surface area contributed by atoms with E-state index in [4.69, 9.17) is 0 Å². The number of para-hydroxylation sites is 2. The average Bonchev–Trinajstić information content (AvgIpc) is 3.11. The second-order valence-corrected chi connectivity index (χ2v) is 5.63. The van der Waals surface area contributed by atoms with Gasteiger partial charge in [-0.05, 0) is 38.4 Å². The maximum Gasteiger partial charge on any atom is 0.224 e. The summed E-state index contributed by atoms with van der Waals surface area (Å²) in [6, 6.07) is 8.18. The topological polar surface area (TPSA) is 59.0 Å². The number of hydrogen-bond donors (Lipinski definition) is 2. The van der Waals surface area contributed by atoms with Gasteiger partial charge in [0.1, 0.15) is 5.82 Å². The van der Waals surface area contributed by atoms with Crippen molar-refractivity contribution in [3.8, 4) is 0 Å². The molecule has 0 aliphatic carbocycles. The molecule has 2 aromatic rings. The number of carbonyl (C=O) groups is 1. The first-order valence-corrected chi connectivity index (χ1v) is 7.66. The van der Waals surface area contributed by atoms with Gasteiger partial charge in [0.15, 0.2) is 0 Å². The van der Waals surface area contributed by atoms with Gasteiger partial charge in [0, 0.05) is 19.6 Å². The molecule has 1 aromatic carbocycles. The zero-order valence-electron chi connectivity index (χ0n) is 13.2. The lowest BCUT2D eigenvalue weighted by Gasteiger charge is -2.11. The summed E-state index contributed by atoms with van der Waals surface area (Å²) in [5.41, 5.74) is 2.21. The Hall–Kier alpha value is -1.30. The van der Waals surface area contributed by atoms with Crippen molar-refractivity contribution in [2.75, 3.05) is 19.6 Å². The maximum absolute atomic E-state index is 11.9. The lowest BCUT2D eigenvalue weighted by molar-refractivity contribution is -0.124. The molecule has 3 rings (SSSR count). The van der Waals surface area contributed by atoms with Crippen LogP contribution in [0.5, 0.6) is 0 Å². The molecular formula is C16H24Cl2N4O. The van der Waals surface area contributed by atoms with Crippen LogP contribution in [0.4, 0.5) is 0 Å². The van der Waals surface area contributed by atoms with Crippen LogP contribution in [0, 0.1) is 12.8 Å². The Morgan fingerprint density at radius 2 is 2.17 bits per heavy atom. The molecule has 0 radical (unpaired) electrons. The van der Waals surface area contributed by atoms with Crippen molar-refractivity contribution in [2.24, 2.45) is 5.92 Å². The van der Waals surface area contributed by atoms with Crippen molar-refractivity contribution in [1.29, 1.82) is 0 Å². The number of amides is 1. The van der Waals surface area contributed by atoms with Crippen molar-refractivity contribution < 1.29 is 4.79 Å². The minimum absolute atomic E-state index is 0. The van der Waals surface area contributed by atoms with Gasteiger partial charge in [0.2, 0.25) is 5.91 Å². The summed E-state index contributed by atoms with van der Waals surface area (Å²) in [6.45, 7) is 5.41. The molecule has 128 valence electrons. The van der Waals surface area contributed by atoms with Gasteiger partial charge in [-0.3, -0.25) is 4.79 Å². The van der Waals surface area contributed by atoms with Gasteiger partial charge in [-0.2, -0.15) is 0 Å². The van der Waals surface area contributed by atoms with Crippen molar-refractivity contribution in [3.63, 3.8) is 0 Å². The van der Waals surface area contributed by atoms with Crippen LogP contribution in [-0.4, -0.2) is 35.1 Å². The third-order valence-electron chi connectivity index (χ3n) is 4.13. The molecule has 2 N–H and O–H groups in total. The van der Waals surface area contributed by atoms with E-state index in [1.807, 2.05) is 25.1 Å². The molecule has 2 heterocycles. The predicted molar refractivity (Wildman–Crippen MR) is 97.6 cm³/mol. The number of aryl methyl sites for hydroxylation is 2. The molecule has 5 nitrogen and oxygen atoms in total. The van der Waals surface area contributed by atoms with Crippen molar-refractivity contribution in [3.05, 3.63) is 30.1 Å². The molecule has 0 bridgehead atoms. The summed E-state index contributed by atoms with van der Waals surface area (Å²) in [5.74, 6) is 1.37. The van der Waals surface area contributed by atoms with E-state index < -0.39 is 0 Å². The Morgan fingerprint density at radius 3 is 2.91 bits per heavy atom. The van der Waals surface area contributed by atoms with Crippen LogP contribution < -0.4 is 10.6 Å². The normalized spacial score (nSPS) is 16.7. The van der Waals surface area contributed by atoms with E-state index in [9.17, 15) is 4.79 Å². The number of nitrogens with zero attached hydrogens (tertiary/aromatic N) is 2. The highest BCUT2D eigenvalue weighted by molar-refractivity contribution is 5.85. The molecule has 1 atom stereocenters. The fourth-order valence-electron chi connectivity index (χ4n) is 2.95. The Bertz CT molecular complexity index is 638. The minimum atomic E-state index is 0. The Kier molecular flexibility index (Phi) is 7.82. The van der Waals surface area contributed by atoms with Crippen LogP contribution in [0.25, 0.3) is 11.0 Å².